The molecule has 10 heavy (non-hydrogen) atoms. The average Bonchev–Trinajstić information content (AvgIpc) is 2.11. The molecule has 1 rings (SSSR count). The molecule has 0 saturated heterocycles. The second-order valence-corrected chi connectivity index (χ2v) is 5.05. The normalized spacial score (nSPS) is 11.8. The summed E-state index contributed by atoms with van der Waals surface area (Å²) in [5.74, 6) is 0. The van der Waals surface area contributed by atoms with E-state index in [-0.39, 0.29) is 4.21 Å². The number of sulfonamides is 1. The molecule has 0 bridgehead atoms. The van der Waals surface area contributed by atoms with Crippen LogP contribution in [-0.4, -0.2) is 13.4 Å². The zero-order chi connectivity index (χ0) is 7.78. The lowest BCUT2D eigenvalue weighted by atomic mass is 11.0. The fraction of sp³-hybridized carbons (Fsp3) is 0. The summed E-state index contributed by atoms with van der Waals surface area (Å²) in [5, 5.41) is 4.78. The number of thiol groups is 1. The van der Waals surface area contributed by atoms with Crippen LogP contribution in [0.4, 0.5) is 0 Å². The SMILES string of the molecule is NS(=O)(=O)c1cnc(S)s1. The zero-order valence-electron chi connectivity index (χ0n) is 4.68. The van der Waals surface area contributed by atoms with Gasteiger partial charge in [0.2, 0.25) is 10.0 Å². The molecule has 0 saturated carbocycles. The van der Waals surface area contributed by atoms with E-state index >= 15 is 0 Å². The lowest BCUT2D eigenvalue weighted by Crippen LogP contribution is -2.09. The average molecular weight is 196 g/mol. The Morgan fingerprint density at radius 3 is 2.50 bits per heavy atom. The van der Waals surface area contributed by atoms with Gasteiger partial charge in [-0.3, -0.25) is 0 Å². The molecule has 1 aromatic heterocycles. The van der Waals surface area contributed by atoms with Gasteiger partial charge in [0, 0.05) is 0 Å². The molecular formula is C3H4N2O2S3. The number of nitrogens with zero attached hydrogens (tertiary/aromatic N) is 1. The first kappa shape index (κ1) is 7.99. The molecule has 0 fully saturated rings. The van der Waals surface area contributed by atoms with E-state index in [9.17, 15) is 8.42 Å². The van der Waals surface area contributed by atoms with Crippen molar-refractivity contribution in [3.63, 3.8) is 0 Å². The van der Waals surface area contributed by atoms with Crippen molar-refractivity contribution in [3.8, 4) is 0 Å². The molecule has 0 aliphatic rings. The van der Waals surface area contributed by atoms with E-state index in [1.54, 1.807) is 0 Å². The van der Waals surface area contributed by atoms with E-state index in [0.717, 1.165) is 11.3 Å². The molecule has 0 aliphatic heterocycles. The number of hydrogen-bond donors (Lipinski definition) is 2. The number of primary sulfonamides is 1. The van der Waals surface area contributed by atoms with Crippen LogP contribution >= 0.6 is 24.0 Å². The zero-order valence-corrected chi connectivity index (χ0v) is 7.21. The summed E-state index contributed by atoms with van der Waals surface area (Å²) >= 11 is 4.76. The Bertz CT molecular complexity index is 327. The van der Waals surface area contributed by atoms with Crippen molar-refractivity contribution in [1.29, 1.82) is 0 Å². The van der Waals surface area contributed by atoms with Gasteiger partial charge in [-0.1, -0.05) is 11.3 Å². The van der Waals surface area contributed by atoms with Crippen LogP contribution in [0.5, 0.6) is 0 Å². The van der Waals surface area contributed by atoms with Crippen molar-refractivity contribution in [2.45, 2.75) is 8.55 Å². The van der Waals surface area contributed by atoms with Crippen molar-refractivity contribution in [2.24, 2.45) is 5.14 Å². The van der Waals surface area contributed by atoms with Crippen LogP contribution in [0.25, 0.3) is 0 Å². The summed E-state index contributed by atoms with van der Waals surface area (Å²) in [6.45, 7) is 0. The molecule has 4 nitrogen and oxygen atoms in total. The van der Waals surface area contributed by atoms with Gasteiger partial charge >= 0.3 is 0 Å². The van der Waals surface area contributed by atoms with E-state index < -0.39 is 10.0 Å². The lowest BCUT2D eigenvalue weighted by molar-refractivity contribution is 0.599. The van der Waals surface area contributed by atoms with E-state index in [0.29, 0.717) is 4.34 Å². The third-order valence-electron chi connectivity index (χ3n) is 0.753. The second kappa shape index (κ2) is 2.50. The van der Waals surface area contributed by atoms with Crippen molar-refractivity contribution in [3.05, 3.63) is 6.20 Å². The Morgan fingerprint density at radius 2 is 2.30 bits per heavy atom. The molecule has 0 spiro atoms. The molecule has 0 radical (unpaired) electrons. The predicted octanol–water partition coefficient (Wildman–Crippen LogP) is 0.0792. The topological polar surface area (TPSA) is 73.1 Å². The molecular weight excluding hydrogens is 192 g/mol. The number of nitrogens with two attached hydrogens (primary N) is 1. The quantitative estimate of drug-likeness (QED) is 0.625. The fourth-order valence-electron chi connectivity index (χ4n) is 0.382. The molecule has 1 heterocycles. The maximum atomic E-state index is 10.6. The number of aromatic nitrogens is 1. The highest BCUT2D eigenvalue weighted by Crippen LogP contribution is 2.19. The molecule has 1 aromatic rings. The lowest BCUT2D eigenvalue weighted by Gasteiger charge is -1.85. The Hall–Kier alpha value is -0.110. The van der Waals surface area contributed by atoms with Crippen molar-refractivity contribution < 1.29 is 8.42 Å². The highest BCUT2D eigenvalue weighted by atomic mass is 32.2. The number of thiazole rings is 1. The first-order valence-electron chi connectivity index (χ1n) is 2.18. The van der Waals surface area contributed by atoms with Gasteiger partial charge < -0.3 is 0 Å². The molecule has 0 aliphatic carbocycles. The Labute approximate surface area is 67.5 Å². The van der Waals surface area contributed by atoms with Crippen molar-refractivity contribution in [1.82, 2.24) is 4.98 Å². The molecule has 7 heteroatoms. The number of hydrogen-bond acceptors (Lipinski definition) is 5. The van der Waals surface area contributed by atoms with E-state index in [4.69, 9.17) is 5.14 Å². The highest BCUT2D eigenvalue weighted by Gasteiger charge is 2.10. The predicted molar refractivity (Wildman–Crippen MR) is 40.7 cm³/mol. The minimum Gasteiger partial charge on any atom is -0.237 e. The number of rotatable bonds is 1. The first-order chi connectivity index (χ1) is 4.50. The summed E-state index contributed by atoms with van der Waals surface area (Å²) in [5.41, 5.74) is 0. The molecule has 0 unspecified atom stereocenters. The summed E-state index contributed by atoms with van der Waals surface area (Å²) in [6, 6.07) is 0. The third kappa shape index (κ3) is 1.69. The summed E-state index contributed by atoms with van der Waals surface area (Å²) in [7, 11) is -3.57. The fourth-order valence-corrected chi connectivity index (χ4v) is 2.21. The Kier molecular flexibility index (Phi) is 1.99. The molecule has 2 N–H and O–H groups in total. The van der Waals surface area contributed by atoms with E-state index in [1.807, 2.05) is 0 Å². The largest absolute Gasteiger partial charge is 0.249 e. The first-order valence-corrected chi connectivity index (χ1v) is 4.99. The van der Waals surface area contributed by atoms with Gasteiger partial charge in [0.05, 0.1) is 6.20 Å². The van der Waals surface area contributed by atoms with Crippen molar-refractivity contribution >= 4 is 34.0 Å². The monoisotopic (exact) mass is 196 g/mol. The van der Waals surface area contributed by atoms with Gasteiger partial charge in [-0.05, 0) is 0 Å². The third-order valence-corrected chi connectivity index (χ3v) is 3.35. The maximum Gasteiger partial charge on any atom is 0.249 e. The second-order valence-electron chi connectivity index (χ2n) is 1.51. The van der Waals surface area contributed by atoms with Crippen LogP contribution in [0.1, 0.15) is 0 Å². The maximum absolute atomic E-state index is 10.6. The van der Waals surface area contributed by atoms with Gasteiger partial charge in [-0.25, -0.2) is 18.5 Å². The Morgan fingerprint density at radius 1 is 1.70 bits per heavy atom. The van der Waals surface area contributed by atoms with E-state index in [2.05, 4.69) is 17.6 Å². The van der Waals surface area contributed by atoms with Gasteiger partial charge in [0.25, 0.3) is 0 Å². The molecule has 0 atom stereocenters. The van der Waals surface area contributed by atoms with Gasteiger partial charge in [-0.2, -0.15) is 0 Å². The standard InChI is InChI=1S/C3H4N2O2S3/c4-10(6,7)2-1-5-3(8)9-2/h1H,(H,5,8)(H2,4,6,7). The summed E-state index contributed by atoms with van der Waals surface area (Å²) < 4.78 is 21.6. The van der Waals surface area contributed by atoms with Crippen LogP contribution in [0.2, 0.25) is 0 Å². The van der Waals surface area contributed by atoms with Gasteiger partial charge in [0.1, 0.15) is 4.34 Å². The van der Waals surface area contributed by atoms with Crippen LogP contribution in [-0.2, 0) is 10.0 Å². The van der Waals surface area contributed by atoms with E-state index in [1.165, 1.54) is 6.20 Å². The van der Waals surface area contributed by atoms with Crippen LogP contribution in [0, 0.1) is 0 Å². The smallest absolute Gasteiger partial charge is 0.237 e. The molecule has 0 amide bonds. The molecule has 0 aromatic carbocycles. The van der Waals surface area contributed by atoms with Crippen LogP contribution < -0.4 is 5.14 Å². The highest BCUT2D eigenvalue weighted by molar-refractivity contribution is 7.92. The minimum atomic E-state index is -3.57. The van der Waals surface area contributed by atoms with Crippen LogP contribution in [0.15, 0.2) is 14.7 Å². The Balaban J connectivity index is 3.21. The van der Waals surface area contributed by atoms with Gasteiger partial charge in [0.15, 0.2) is 4.21 Å². The molecule has 56 valence electrons. The van der Waals surface area contributed by atoms with Crippen molar-refractivity contribution in [2.75, 3.05) is 0 Å². The minimum absolute atomic E-state index is 0.0394. The summed E-state index contributed by atoms with van der Waals surface area (Å²) in [4.78, 5) is 3.61. The summed E-state index contributed by atoms with van der Waals surface area (Å²) in [6.07, 6.45) is 1.18. The van der Waals surface area contributed by atoms with Gasteiger partial charge in [-0.15, -0.1) is 12.6 Å². The van der Waals surface area contributed by atoms with Crippen LogP contribution in [0.3, 0.4) is 0 Å².